The molecule has 0 saturated heterocycles. The molecule has 1 fully saturated rings. The molecule has 0 unspecified atom stereocenters. The number of hydrogen-bond acceptors (Lipinski definition) is 6. The number of nitrogens with zero attached hydrogens (tertiary/aromatic N) is 2. The third-order valence-corrected chi connectivity index (χ3v) is 3.75. The summed E-state index contributed by atoms with van der Waals surface area (Å²) in [5, 5.41) is 16.2. The van der Waals surface area contributed by atoms with Gasteiger partial charge in [-0.2, -0.15) is 5.10 Å². The van der Waals surface area contributed by atoms with E-state index in [4.69, 9.17) is 5.73 Å². The monoisotopic (exact) mass is 274 g/mol. The molecule has 2 aromatic rings. The number of phenolic OH excluding ortho intramolecular Hbond substituents is 1. The average Bonchev–Trinajstić information content (AvgIpc) is 3.16. The Morgan fingerprint density at radius 1 is 1.47 bits per heavy atom. The van der Waals surface area contributed by atoms with Gasteiger partial charge in [-0.1, -0.05) is 6.07 Å². The van der Waals surface area contributed by atoms with Gasteiger partial charge in [0.05, 0.1) is 6.21 Å². The molecular formula is C13H14N4OS. The molecule has 0 radical (unpaired) electrons. The van der Waals surface area contributed by atoms with Crippen LogP contribution >= 0.6 is 11.3 Å². The summed E-state index contributed by atoms with van der Waals surface area (Å²) < 4.78 is 0. The first-order chi connectivity index (χ1) is 9.22. The van der Waals surface area contributed by atoms with Crippen molar-refractivity contribution < 1.29 is 5.11 Å². The Morgan fingerprint density at radius 2 is 2.32 bits per heavy atom. The van der Waals surface area contributed by atoms with E-state index < -0.39 is 0 Å². The summed E-state index contributed by atoms with van der Waals surface area (Å²) in [4.78, 5) is 4.03. The third-order valence-electron chi connectivity index (χ3n) is 2.99. The maximum atomic E-state index is 9.79. The standard InChI is InChI=1S/C13H14N4OS/c14-12-7-19-13(16-12)17-15-6-10-5-9(8-1-2-8)3-4-11(10)18/h3-8,18H,1-2,14H2,(H,16,17). The lowest BCUT2D eigenvalue weighted by Crippen LogP contribution is -1.92. The second-order valence-corrected chi connectivity index (χ2v) is 5.40. The molecule has 1 aliphatic rings. The van der Waals surface area contributed by atoms with Crippen molar-refractivity contribution in [3.05, 3.63) is 34.7 Å². The largest absolute Gasteiger partial charge is 0.507 e. The van der Waals surface area contributed by atoms with Crippen LogP contribution in [0.5, 0.6) is 5.75 Å². The van der Waals surface area contributed by atoms with Crippen LogP contribution in [0.3, 0.4) is 0 Å². The molecule has 0 bridgehead atoms. The first-order valence-corrected chi connectivity index (χ1v) is 6.93. The van der Waals surface area contributed by atoms with Crippen molar-refractivity contribution in [2.45, 2.75) is 18.8 Å². The van der Waals surface area contributed by atoms with Crippen LogP contribution in [-0.2, 0) is 0 Å². The number of nitrogen functional groups attached to an aromatic ring is 1. The molecule has 0 spiro atoms. The highest BCUT2D eigenvalue weighted by Gasteiger charge is 2.23. The summed E-state index contributed by atoms with van der Waals surface area (Å²) in [5.74, 6) is 1.36. The van der Waals surface area contributed by atoms with Crippen molar-refractivity contribution in [3.8, 4) is 5.75 Å². The fourth-order valence-electron chi connectivity index (χ4n) is 1.84. The van der Waals surface area contributed by atoms with E-state index in [2.05, 4.69) is 15.5 Å². The van der Waals surface area contributed by atoms with Gasteiger partial charge in [-0.15, -0.1) is 11.3 Å². The summed E-state index contributed by atoms with van der Waals surface area (Å²) in [6.45, 7) is 0. The zero-order valence-corrected chi connectivity index (χ0v) is 11.0. The van der Waals surface area contributed by atoms with E-state index in [1.807, 2.05) is 12.1 Å². The number of hydrogen-bond donors (Lipinski definition) is 3. The third kappa shape index (κ3) is 2.85. The Kier molecular flexibility index (Phi) is 3.08. The minimum Gasteiger partial charge on any atom is -0.507 e. The first kappa shape index (κ1) is 12.0. The summed E-state index contributed by atoms with van der Waals surface area (Å²) >= 11 is 1.38. The minimum absolute atomic E-state index is 0.230. The second-order valence-electron chi connectivity index (χ2n) is 4.54. The molecule has 0 aliphatic heterocycles. The topological polar surface area (TPSA) is 83.5 Å². The lowest BCUT2D eigenvalue weighted by atomic mass is 10.1. The van der Waals surface area contributed by atoms with Crippen LogP contribution in [0.25, 0.3) is 0 Å². The number of nitrogens with one attached hydrogen (secondary N) is 1. The summed E-state index contributed by atoms with van der Waals surface area (Å²) in [6.07, 6.45) is 4.06. The number of anilines is 2. The zero-order valence-electron chi connectivity index (χ0n) is 10.2. The number of phenols is 1. The number of thiazole rings is 1. The van der Waals surface area contributed by atoms with E-state index in [0.717, 1.165) is 0 Å². The lowest BCUT2D eigenvalue weighted by Gasteiger charge is -2.02. The molecule has 19 heavy (non-hydrogen) atoms. The minimum atomic E-state index is 0.230. The SMILES string of the molecule is Nc1csc(NN=Cc2cc(C3CC3)ccc2O)n1. The number of nitrogens with two attached hydrogens (primary N) is 1. The molecule has 6 heteroatoms. The highest BCUT2D eigenvalue weighted by Crippen LogP contribution is 2.40. The van der Waals surface area contributed by atoms with E-state index in [1.54, 1.807) is 17.7 Å². The van der Waals surface area contributed by atoms with E-state index in [0.29, 0.717) is 22.4 Å². The molecule has 4 N–H and O–H groups in total. The molecule has 3 rings (SSSR count). The molecule has 98 valence electrons. The Labute approximate surface area is 114 Å². The maximum Gasteiger partial charge on any atom is 0.205 e. The normalized spacial score (nSPS) is 14.9. The molecular weight excluding hydrogens is 260 g/mol. The van der Waals surface area contributed by atoms with Crippen LogP contribution in [-0.4, -0.2) is 16.3 Å². The van der Waals surface area contributed by atoms with Gasteiger partial charge in [-0.25, -0.2) is 4.98 Å². The lowest BCUT2D eigenvalue weighted by molar-refractivity contribution is 0.474. The van der Waals surface area contributed by atoms with Gasteiger partial charge in [-0.3, -0.25) is 5.43 Å². The molecule has 5 nitrogen and oxygen atoms in total. The van der Waals surface area contributed by atoms with Gasteiger partial charge in [-0.05, 0) is 36.5 Å². The fourth-order valence-corrected chi connectivity index (χ4v) is 2.39. The highest BCUT2D eigenvalue weighted by molar-refractivity contribution is 7.14. The molecule has 1 aromatic carbocycles. The number of benzene rings is 1. The van der Waals surface area contributed by atoms with Gasteiger partial charge in [0.2, 0.25) is 5.13 Å². The van der Waals surface area contributed by atoms with Crippen molar-refractivity contribution in [2.75, 3.05) is 11.2 Å². The number of aromatic hydroxyl groups is 1. The van der Waals surface area contributed by atoms with Gasteiger partial charge in [0, 0.05) is 10.9 Å². The van der Waals surface area contributed by atoms with Crippen molar-refractivity contribution in [1.82, 2.24) is 4.98 Å². The van der Waals surface area contributed by atoms with Gasteiger partial charge in [0.15, 0.2) is 0 Å². The van der Waals surface area contributed by atoms with Crippen LogP contribution in [0.15, 0.2) is 28.7 Å². The second kappa shape index (κ2) is 4.89. The van der Waals surface area contributed by atoms with Crippen LogP contribution in [0, 0.1) is 0 Å². The number of hydrazone groups is 1. The predicted molar refractivity (Wildman–Crippen MR) is 77.8 cm³/mol. The van der Waals surface area contributed by atoms with Crippen molar-refractivity contribution in [1.29, 1.82) is 0 Å². The van der Waals surface area contributed by atoms with Crippen molar-refractivity contribution >= 4 is 28.5 Å². The van der Waals surface area contributed by atoms with E-state index in [9.17, 15) is 5.11 Å². The Balaban J connectivity index is 1.72. The van der Waals surface area contributed by atoms with Gasteiger partial charge >= 0.3 is 0 Å². The molecule has 0 atom stereocenters. The maximum absolute atomic E-state index is 9.79. The molecule has 1 saturated carbocycles. The summed E-state index contributed by atoms with van der Waals surface area (Å²) in [6, 6.07) is 5.67. The molecule has 1 heterocycles. The molecule has 0 amide bonds. The average molecular weight is 274 g/mol. The van der Waals surface area contributed by atoms with E-state index in [-0.39, 0.29) is 5.75 Å². The Hall–Kier alpha value is -2.08. The zero-order chi connectivity index (χ0) is 13.2. The Morgan fingerprint density at radius 3 is 3.00 bits per heavy atom. The van der Waals surface area contributed by atoms with E-state index >= 15 is 0 Å². The smallest absolute Gasteiger partial charge is 0.205 e. The van der Waals surface area contributed by atoms with E-state index in [1.165, 1.54) is 29.7 Å². The van der Waals surface area contributed by atoms with Gasteiger partial charge in [0.1, 0.15) is 11.6 Å². The highest BCUT2D eigenvalue weighted by atomic mass is 32.1. The van der Waals surface area contributed by atoms with Crippen LogP contribution < -0.4 is 11.2 Å². The summed E-state index contributed by atoms with van der Waals surface area (Å²) in [7, 11) is 0. The fraction of sp³-hybridized carbons (Fsp3) is 0.231. The van der Waals surface area contributed by atoms with Gasteiger partial charge < -0.3 is 10.8 Å². The van der Waals surface area contributed by atoms with Gasteiger partial charge in [0.25, 0.3) is 0 Å². The first-order valence-electron chi connectivity index (χ1n) is 6.05. The quantitative estimate of drug-likeness (QED) is 0.591. The Bertz CT molecular complexity index is 619. The van der Waals surface area contributed by atoms with Crippen LogP contribution in [0.4, 0.5) is 10.9 Å². The van der Waals surface area contributed by atoms with Crippen LogP contribution in [0.2, 0.25) is 0 Å². The van der Waals surface area contributed by atoms with Crippen LogP contribution in [0.1, 0.15) is 29.9 Å². The van der Waals surface area contributed by atoms with Crippen molar-refractivity contribution in [3.63, 3.8) is 0 Å². The predicted octanol–water partition coefficient (Wildman–Crippen LogP) is 2.75. The number of aromatic nitrogens is 1. The molecule has 1 aliphatic carbocycles. The summed E-state index contributed by atoms with van der Waals surface area (Å²) in [5.41, 5.74) is 10.3. The number of rotatable bonds is 4. The molecule has 1 aromatic heterocycles. The van der Waals surface area contributed by atoms with Crippen molar-refractivity contribution in [2.24, 2.45) is 5.10 Å².